The molecule has 0 saturated carbocycles. The second-order valence-corrected chi connectivity index (χ2v) is 5.49. The van der Waals surface area contributed by atoms with Gasteiger partial charge in [-0.2, -0.15) is 0 Å². The lowest BCUT2D eigenvalue weighted by atomic mass is 10.1. The van der Waals surface area contributed by atoms with Crippen LogP contribution in [0.2, 0.25) is 0 Å². The van der Waals surface area contributed by atoms with E-state index >= 15 is 0 Å². The lowest BCUT2D eigenvalue weighted by molar-refractivity contribution is -0.138. The number of nitrogens with one attached hydrogen (secondary N) is 1. The molecule has 1 rings (SSSR count). The van der Waals surface area contributed by atoms with Crippen LogP contribution in [0.4, 0.5) is 0 Å². The van der Waals surface area contributed by atoms with Crippen molar-refractivity contribution >= 4 is 11.9 Å². The second kappa shape index (κ2) is 6.93. The molecule has 0 heterocycles. The Morgan fingerprint density at radius 1 is 1.20 bits per heavy atom. The van der Waals surface area contributed by atoms with Gasteiger partial charge in [0.15, 0.2) is 0 Å². The number of aliphatic carboxylic acids is 1. The molecule has 0 aromatic heterocycles. The molecule has 2 N–H and O–H groups in total. The van der Waals surface area contributed by atoms with Gasteiger partial charge in [-0.3, -0.25) is 9.59 Å². The minimum Gasteiger partial charge on any atom is -0.488 e. The van der Waals surface area contributed by atoms with Crippen LogP contribution in [-0.2, 0) is 16.1 Å². The van der Waals surface area contributed by atoms with E-state index in [1.165, 1.54) is 0 Å². The predicted molar refractivity (Wildman–Crippen MR) is 75.5 cm³/mol. The van der Waals surface area contributed by atoms with Crippen LogP contribution in [0.15, 0.2) is 24.3 Å². The van der Waals surface area contributed by atoms with Crippen LogP contribution in [0.25, 0.3) is 0 Å². The maximum absolute atomic E-state index is 11.5. The van der Waals surface area contributed by atoms with Crippen molar-refractivity contribution in [1.29, 1.82) is 0 Å². The summed E-state index contributed by atoms with van der Waals surface area (Å²) in [4.78, 5) is 21.9. The molecule has 0 atom stereocenters. The summed E-state index contributed by atoms with van der Waals surface area (Å²) in [6.45, 7) is 6.18. The Hall–Kier alpha value is -2.04. The predicted octanol–water partition coefficient (Wildman–Crippen LogP) is 2.34. The minimum atomic E-state index is -0.975. The molecule has 110 valence electrons. The molecule has 1 aromatic rings. The molecule has 20 heavy (non-hydrogen) atoms. The van der Waals surface area contributed by atoms with Crippen LogP contribution in [0.1, 0.15) is 39.2 Å². The van der Waals surface area contributed by atoms with E-state index in [2.05, 4.69) is 5.32 Å². The zero-order valence-corrected chi connectivity index (χ0v) is 12.1. The van der Waals surface area contributed by atoms with Crippen LogP contribution in [0.3, 0.4) is 0 Å². The summed E-state index contributed by atoms with van der Waals surface area (Å²) in [6.07, 6.45) is -0.177. The largest absolute Gasteiger partial charge is 0.488 e. The lowest BCUT2D eigenvalue weighted by Crippen LogP contribution is -2.26. The van der Waals surface area contributed by atoms with Gasteiger partial charge in [0.05, 0.1) is 6.42 Å². The van der Waals surface area contributed by atoms with E-state index in [1.807, 2.05) is 45.0 Å². The molecular weight excluding hydrogens is 258 g/mol. The first-order valence-corrected chi connectivity index (χ1v) is 6.53. The Labute approximate surface area is 118 Å². The number of hydrogen-bond acceptors (Lipinski definition) is 3. The molecule has 0 spiro atoms. The average Bonchev–Trinajstić information content (AvgIpc) is 2.33. The normalized spacial score (nSPS) is 10.9. The van der Waals surface area contributed by atoms with Crippen molar-refractivity contribution in [3.8, 4) is 5.75 Å². The van der Waals surface area contributed by atoms with Crippen molar-refractivity contribution in [3.63, 3.8) is 0 Å². The SMILES string of the molecule is CC(C)(C)Oc1ccccc1CNC(=O)CCC(=O)O. The van der Waals surface area contributed by atoms with E-state index in [1.54, 1.807) is 0 Å². The van der Waals surface area contributed by atoms with Gasteiger partial charge in [0.25, 0.3) is 0 Å². The first-order chi connectivity index (χ1) is 9.28. The molecule has 0 aliphatic heterocycles. The van der Waals surface area contributed by atoms with E-state index in [4.69, 9.17) is 9.84 Å². The smallest absolute Gasteiger partial charge is 0.303 e. The maximum atomic E-state index is 11.5. The van der Waals surface area contributed by atoms with Gasteiger partial charge in [-0.15, -0.1) is 0 Å². The summed E-state index contributed by atoms with van der Waals surface area (Å²) in [7, 11) is 0. The Morgan fingerprint density at radius 2 is 1.85 bits per heavy atom. The van der Waals surface area contributed by atoms with Crippen molar-refractivity contribution < 1.29 is 19.4 Å². The molecule has 1 aromatic carbocycles. The fourth-order valence-electron chi connectivity index (χ4n) is 1.58. The third-order valence-corrected chi connectivity index (χ3v) is 2.43. The highest BCUT2D eigenvalue weighted by Crippen LogP contribution is 2.22. The maximum Gasteiger partial charge on any atom is 0.303 e. The zero-order valence-electron chi connectivity index (χ0n) is 12.1. The highest BCUT2D eigenvalue weighted by molar-refractivity contribution is 5.80. The van der Waals surface area contributed by atoms with Crippen molar-refractivity contribution in [2.45, 2.75) is 45.8 Å². The number of carboxylic acid groups (broad SMARTS) is 1. The Balaban J connectivity index is 2.59. The highest BCUT2D eigenvalue weighted by Gasteiger charge is 2.14. The molecular formula is C15H21NO4. The number of hydrogen-bond donors (Lipinski definition) is 2. The Bertz CT molecular complexity index is 477. The van der Waals surface area contributed by atoms with Crippen LogP contribution in [-0.4, -0.2) is 22.6 Å². The summed E-state index contributed by atoms with van der Waals surface area (Å²) in [6, 6.07) is 7.47. The number of amides is 1. The first-order valence-electron chi connectivity index (χ1n) is 6.53. The van der Waals surface area contributed by atoms with Crippen molar-refractivity contribution in [2.75, 3.05) is 0 Å². The van der Waals surface area contributed by atoms with Crippen LogP contribution < -0.4 is 10.1 Å². The molecule has 0 aliphatic rings. The minimum absolute atomic E-state index is 0.0162. The highest BCUT2D eigenvalue weighted by atomic mass is 16.5. The second-order valence-electron chi connectivity index (χ2n) is 5.49. The van der Waals surface area contributed by atoms with Crippen LogP contribution >= 0.6 is 0 Å². The third kappa shape index (κ3) is 6.22. The molecule has 0 bridgehead atoms. The fourth-order valence-corrected chi connectivity index (χ4v) is 1.58. The fraction of sp³-hybridized carbons (Fsp3) is 0.467. The van der Waals surface area contributed by atoms with E-state index in [0.717, 1.165) is 11.3 Å². The molecule has 1 amide bonds. The summed E-state index contributed by atoms with van der Waals surface area (Å²) in [5, 5.41) is 11.2. The van der Waals surface area contributed by atoms with E-state index < -0.39 is 5.97 Å². The number of benzene rings is 1. The van der Waals surface area contributed by atoms with E-state index in [0.29, 0.717) is 6.54 Å². The van der Waals surface area contributed by atoms with Gasteiger partial charge in [-0.25, -0.2) is 0 Å². The number of ether oxygens (including phenoxy) is 1. The summed E-state index contributed by atoms with van der Waals surface area (Å²) in [5.74, 6) is -0.534. The number of rotatable bonds is 6. The molecule has 0 aliphatic carbocycles. The quantitative estimate of drug-likeness (QED) is 0.838. The molecule has 0 radical (unpaired) electrons. The van der Waals surface area contributed by atoms with E-state index in [-0.39, 0.29) is 24.3 Å². The molecule has 5 nitrogen and oxygen atoms in total. The van der Waals surface area contributed by atoms with Crippen molar-refractivity contribution in [1.82, 2.24) is 5.32 Å². The van der Waals surface area contributed by atoms with E-state index in [9.17, 15) is 9.59 Å². The lowest BCUT2D eigenvalue weighted by Gasteiger charge is -2.23. The zero-order chi connectivity index (χ0) is 15.2. The number of para-hydroxylation sites is 1. The molecule has 5 heteroatoms. The van der Waals surface area contributed by atoms with Crippen molar-refractivity contribution in [2.24, 2.45) is 0 Å². The summed E-state index contributed by atoms with van der Waals surface area (Å²) in [5.41, 5.74) is 0.551. The molecule has 0 unspecified atom stereocenters. The van der Waals surface area contributed by atoms with Gasteiger partial charge in [0, 0.05) is 18.5 Å². The molecule has 0 saturated heterocycles. The van der Waals surface area contributed by atoms with Gasteiger partial charge in [-0.05, 0) is 26.8 Å². The van der Waals surface area contributed by atoms with Crippen molar-refractivity contribution in [3.05, 3.63) is 29.8 Å². The Morgan fingerprint density at radius 3 is 2.45 bits per heavy atom. The number of carbonyl (C=O) groups is 2. The number of carbonyl (C=O) groups excluding carboxylic acids is 1. The molecule has 0 fully saturated rings. The monoisotopic (exact) mass is 279 g/mol. The first kappa shape index (κ1) is 16.0. The van der Waals surface area contributed by atoms with Crippen LogP contribution in [0, 0.1) is 0 Å². The van der Waals surface area contributed by atoms with Gasteiger partial charge >= 0.3 is 5.97 Å². The number of carboxylic acids is 1. The van der Waals surface area contributed by atoms with Gasteiger partial charge in [-0.1, -0.05) is 18.2 Å². The Kier molecular flexibility index (Phi) is 5.55. The topological polar surface area (TPSA) is 75.6 Å². The van der Waals surface area contributed by atoms with Crippen LogP contribution in [0.5, 0.6) is 5.75 Å². The van der Waals surface area contributed by atoms with Gasteiger partial charge in [0.2, 0.25) is 5.91 Å². The average molecular weight is 279 g/mol. The van der Waals surface area contributed by atoms with Gasteiger partial charge in [0.1, 0.15) is 11.4 Å². The standard InChI is InChI=1S/C15H21NO4/c1-15(2,3)20-12-7-5-4-6-11(12)10-16-13(17)8-9-14(18)19/h4-7H,8-10H2,1-3H3,(H,16,17)(H,18,19). The summed E-state index contributed by atoms with van der Waals surface area (Å²) < 4.78 is 5.82. The van der Waals surface area contributed by atoms with Gasteiger partial charge < -0.3 is 15.2 Å². The summed E-state index contributed by atoms with van der Waals surface area (Å²) >= 11 is 0. The third-order valence-electron chi connectivity index (χ3n) is 2.43.